The molecule has 0 bridgehead atoms. The highest BCUT2D eigenvalue weighted by atomic mass is 32.2. The largest absolute Gasteiger partial charge is 0.494 e. The van der Waals surface area contributed by atoms with Crippen LogP contribution in [0.15, 0.2) is 53.4 Å². The molecular formula is C28H39NO6S. The van der Waals surface area contributed by atoms with Gasteiger partial charge in [-0.05, 0) is 94.1 Å². The Morgan fingerprint density at radius 3 is 2.11 bits per heavy atom. The molecule has 36 heavy (non-hydrogen) atoms. The predicted octanol–water partition coefficient (Wildman–Crippen LogP) is 4.98. The Hall–Kier alpha value is -2.58. The average Bonchev–Trinajstić information content (AvgIpc) is 2.89. The lowest BCUT2D eigenvalue weighted by Crippen LogP contribution is -2.44. The summed E-state index contributed by atoms with van der Waals surface area (Å²) in [7, 11) is -4.13. The molecule has 2 aromatic rings. The molecule has 3 rings (SSSR count). The number of rotatable bonds is 14. The molecule has 0 saturated carbocycles. The van der Waals surface area contributed by atoms with Crippen molar-refractivity contribution in [3.05, 3.63) is 54.1 Å². The lowest BCUT2D eigenvalue weighted by atomic mass is 10.0. The van der Waals surface area contributed by atoms with Crippen LogP contribution in [0.2, 0.25) is 0 Å². The summed E-state index contributed by atoms with van der Waals surface area (Å²) in [5.74, 6) is -0.0354. The third kappa shape index (κ3) is 7.23. The molecule has 0 amide bonds. The zero-order chi connectivity index (χ0) is 26.0. The second-order valence-corrected chi connectivity index (χ2v) is 12.0. The maximum atomic E-state index is 13.3. The molecule has 1 heterocycles. The van der Waals surface area contributed by atoms with E-state index in [4.69, 9.17) is 9.47 Å². The van der Waals surface area contributed by atoms with Crippen LogP contribution in [0.5, 0.6) is 11.5 Å². The van der Waals surface area contributed by atoms with Crippen molar-refractivity contribution in [2.75, 3.05) is 32.8 Å². The Bertz CT molecular complexity index is 1060. The number of aliphatic carboxylic acids is 1. The highest BCUT2D eigenvalue weighted by Crippen LogP contribution is 2.32. The van der Waals surface area contributed by atoms with Crippen molar-refractivity contribution in [2.45, 2.75) is 68.4 Å². The first-order chi connectivity index (χ1) is 17.3. The standard InChI is InChI=1S/C28H39NO6S/c1-3-4-21-34-25-12-14-26(15-13-25)36(32,33)28(2,27(30)31)17-16-23-8-10-24(11-9-23)35-22-20-29-18-6-5-7-19-29/h8-15H,3-7,16-22H2,1-2H3,(H,30,31). The van der Waals surface area contributed by atoms with Crippen LogP contribution in [0.25, 0.3) is 0 Å². The molecule has 198 valence electrons. The molecule has 1 aliphatic rings. The van der Waals surface area contributed by atoms with Crippen molar-refractivity contribution in [3.8, 4) is 11.5 Å². The fourth-order valence-corrected chi connectivity index (χ4v) is 5.89. The number of carboxylic acids is 1. The van der Waals surface area contributed by atoms with Crippen molar-refractivity contribution in [2.24, 2.45) is 0 Å². The van der Waals surface area contributed by atoms with Gasteiger partial charge in [0.1, 0.15) is 18.1 Å². The summed E-state index contributed by atoms with van der Waals surface area (Å²) in [6, 6.07) is 13.5. The molecular weight excluding hydrogens is 478 g/mol. The second-order valence-electron chi connectivity index (χ2n) is 9.61. The van der Waals surface area contributed by atoms with E-state index >= 15 is 0 Å². The van der Waals surface area contributed by atoms with Gasteiger partial charge in [0.25, 0.3) is 0 Å². The first kappa shape index (κ1) is 28.0. The van der Waals surface area contributed by atoms with E-state index in [1.807, 2.05) is 24.3 Å². The van der Waals surface area contributed by atoms with Crippen LogP contribution >= 0.6 is 0 Å². The van der Waals surface area contributed by atoms with Gasteiger partial charge in [-0.25, -0.2) is 8.42 Å². The highest BCUT2D eigenvalue weighted by Gasteiger charge is 2.47. The SMILES string of the molecule is CCCCOc1ccc(S(=O)(=O)C(C)(CCc2ccc(OCCN3CCCCC3)cc2)C(=O)O)cc1. The van der Waals surface area contributed by atoms with Gasteiger partial charge in [0, 0.05) is 6.54 Å². The summed E-state index contributed by atoms with van der Waals surface area (Å²) in [5, 5.41) is 9.93. The van der Waals surface area contributed by atoms with Gasteiger partial charge in [0.05, 0.1) is 11.5 Å². The number of likely N-dealkylation sites (tertiary alicyclic amines) is 1. The smallest absolute Gasteiger partial charge is 0.325 e. The first-order valence-corrected chi connectivity index (χ1v) is 14.4. The van der Waals surface area contributed by atoms with Crippen LogP contribution in [-0.4, -0.2) is 62.0 Å². The number of hydrogen-bond donors (Lipinski definition) is 1. The Labute approximate surface area is 215 Å². The van der Waals surface area contributed by atoms with Crippen LogP contribution in [0.1, 0.15) is 57.9 Å². The molecule has 7 nitrogen and oxygen atoms in total. The third-order valence-electron chi connectivity index (χ3n) is 6.89. The Morgan fingerprint density at radius 2 is 1.53 bits per heavy atom. The fourth-order valence-electron chi connectivity index (χ4n) is 4.28. The van der Waals surface area contributed by atoms with Gasteiger partial charge in [0.2, 0.25) is 0 Å². The molecule has 0 aliphatic carbocycles. The van der Waals surface area contributed by atoms with Crippen LogP contribution in [0.4, 0.5) is 0 Å². The molecule has 8 heteroatoms. The van der Waals surface area contributed by atoms with E-state index in [2.05, 4.69) is 11.8 Å². The summed E-state index contributed by atoms with van der Waals surface area (Å²) >= 11 is 0. The monoisotopic (exact) mass is 517 g/mol. The number of piperidine rings is 1. The van der Waals surface area contributed by atoms with Gasteiger partial charge in [0.15, 0.2) is 14.6 Å². The maximum Gasteiger partial charge on any atom is 0.325 e. The zero-order valence-corrected chi connectivity index (χ0v) is 22.3. The molecule has 1 saturated heterocycles. The van der Waals surface area contributed by atoms with Gasteiger partial charge < -0.3 is 14.6 Å². The lowest BCUT2D eigenvalue weighted by Gasteiger charge is -2.26. The molecule has 1 N–H and O–H groups in total. The number of unbranched alkanes of at least 4 members (excludes halogenated alkanes) is 1. The molecule has 1 atom stereocenters. The van der Waals surface area contributed by atoms with Gasteiger partial charge in [-0.3, -0.25) is 9.69 Å². The van der Waals surface area contributed by atoms with E-state index in [-0.39, 0.29) is 11.3 Å². The molecule has 0 radical (unpaired) electrons. The molecule has 1 unspecified atom stereocenters. The second kappa shape index (κ2) is 13.1. The van der Waals surface area contributed by atoms with Crippen molar-refractivity contribution in [1.29, 1.82) is 0 Å². The van der Waals surface area contributed by atoms with Gasteiger partial charge in [-0.2, -0.15) is 0 Å². The molecule has 0 aromatic heterocycles. The van der Waals surface area contributed by atoms with E-state index in [0.717, 1.165) is 43.8 Å². The van der Waals surface area contributed by atoms with Gasteiger partial charge >= 0.3 is 5.97 Å². The summed E-state index contributed by atoms with van der Waals surface area (Å²) in [6.07, 6.45) is 5.97. The molecule has 0 spiro atoms. The number of ether oxygens (including phenoxy) is 2. The van der Waals surface area contributed by atoms with Gasteiger partial charge in [-0.15, -0.1) is 0 Å². The number of carbonyl (C=O) groups is 1. The fraction of sp³-hybridized carbons (Fsp3) is 0.536. The van der Waals surface area contributed by atoms with Crippen molar-refractivity contribution in [1.82, 2.24) is 4.90 Å². The van der Waals surface area contributed by atoms with Crippen molar-refractivity contribution in [3.63, 3.8) is 0 Å². The first-order valence-electron chi connectivity index (χ1n) is 12.9. The molecule has 1 aliphatic heterocycles. The number of aryl methyl sites for hydroxylation is 1. The minimum Gasteiger partial charge on any atom is -0.494 e. The third-order valence-corrected chi connectivity index (χ3v) is 9.34. The van der Waals surface area contributed by atoms with Crippen LogP contribution < -0.4 is 9.47 Å². The Kier molecular flexibility index (Phi) is 10.2. The average molecular weight is 518 g/mol. The van der Waals surface area contributed by atoms with E-state index < -0.39 is 20.6 Å². The normalized spacial score (nSPS) is 16.3. The maximum absolute atomic E-state index is 13.3. The number of nitrogens with zero attached hydrogens (tertiary/aromatic N) is 1. The lowest BCUT2D eigenvalue weighted by molar-refractivity contribution is -0.139. The minimum atomic E-state index is -4.13. The number of benzene rings is 2. The predicted molar refractivity (Wildman–Crippen MR) is 141 cm³/mol. The highest BCUT2D eigenvalue weighted by molar-refractivity contribution is 7.93. The summed E-state index contributed by atoms with van der Waals surface area (Å²) in [6.45, 7) is 7.69. The van der Waals surface area contributed by atoms with Crippen LogP contribution in [-0.2, 0) is 21.1 Å². The summed E-state index contributed by atoms with van der Waals surface area (Å²) in [4.78, 5) is 14.6. The van der Waals surface area contributed by atoms with Crippen molar-refractivity contribution >= 4 is 15.8 Å². The summed E-state index contributed by atoms with van der Waals surface area (Å²) in [5.41, 5.74) is 0.862. The van der Waals surface area contributed by atoms with Crippen LogP contribution in [0, 0.1) is 0 Å². The Morgan fingerprint density at radius 1 is 0.944 bits per heavy atom. The van der Waals surface area contributed by atoms with E-state index in [1.54, 1.807) is 12.1 Å². The molecule has 2 aromatic carbocycles. The number of hydrogen-bond acceptors (Lipinski definition) is 6. The van der Waals surface area contributed by atoms with Crippen molar-refractivity contribution < 1.29 is 27.8 Å². The number of carboxylic acid groups (broad SMARTS) is 1. The minimum absolute atomic E-state index is 0.0207. The topological polar surface area (TPSA) is 93.1 Å². The quantitative estimate of drug-likeness (QED) is 0.353. The number of sulfone groups is 1. The summed E-state index contributed by atoms with van der Waals surface area (Å²) < 4.78 is 36.2. The van der Waals surface area contributed by atoms with E-state index in [9.17, 15) is 18.3 Å². The van der Waals surface area contributed by atoms with Gasteiger partial charge in [-0.1, -0.05) is 31.9 Å². The van der Waals surface area contributed by atoms with Crippen LogP contribution in [0.3, 0.4) is 0 Å². The van der Waals surface area contributed by atoms with E-state index in [1.165, 1.54) is 38.3 Å². The zero-order valence-electron chi connectivity index (χ0n) is 21.4. The Balaban J connectivity index is 1.59. The van der Waals surface area contributed by atoms with E-state index in [0.29, 0.717) is 25.4 Å². The molecule has 1 fully saturated rings.